The third-order valence-electron chi connectivity index (χ3n) is 3.70. The maximum absolute atomic E-state index is 10.2. The summed E-state index contributed by atoms with van der Waals surface area (Å²) >= 11 is 0. The fraction of sp³-hybridized carbons (Fsp3) is 0.0455. The highest BCUT2D eigenvalue weighted by Gasteiger charge is 2.13. The predicted molar refractivity (Wildman–Crippen MR) is 105 cm³/mol. The highest BCUT2D eigenvalue weighted by atomic mass is 16.3. The van der Waals surface area contributed by atoms with Gasteiger partial charge in [0, 0.05) is 11.1 Å². The normalized spacial score (nSPS) is 11.3. The van der Waals surface area contributed by atoms with Crippen LogP contribution in [0, 0.1) is 0 Å². The summed E-state index contributed by atoms with van der Waals surface area (Å²) in [5.74, 6) is 1.54. The van der Waals surface area contributed by atoms with E-state index < -0.39 is 0 Å². The Balaban J connectivity index is 2.14. The molecule has 2 aromatic carbocycles. The topological polar surface area (TPSA) is 58.9 Å². The molecule has 0 saturated heterocycles. The van der Waals surface area contributed by atoms with Crippen molar-refractivity contribution in [2.24, 2.45) is 0 Å². The van der Waals surface area contributed by atoms with Crippen LogP contribution in [0.2, 0.25) is 0 Å². The quantitative estimate of drug-likeness (QED) is 0.659. The van der Waals surface area contributed by atoms with Gasteiger partial charge in [0.25, 0.3) is 0 Å². The maximum atomic E-state index is 10.2. The second kappa shape index (κ2) is 8.03. The van der Waals surface area contributed by atoms with E-state index in [0.717, 1.165) is 5.56 Å². The average Bonchev–Trinajstić information content (AvgIpc) is 2.69. The Hall–Kier alpha value is -3.53. The van der Waals surface area contributed by atoms with Crippen molar-refractivity contribution in [3.63, 3.8) is 0 Å². The van der Waals surface area contributed by atoms with Crippen molar-refractivity contribution in [2.75, 3.05) is 0 Å². The molecule has 0 amide bonds. The van der Waals surface area contributed by atoms with Crippen LogP contribution in [0.5, 0.6) is 5.75 Å². The molecule has 0 bridgehead atoms. The fourth-order valence-corrected chi connectivity index (χ4v) is 2.38. The van der Waals surface area contributed by atoms with Gasteiger partial charge < -0.3 is 5.11 Å². The molecule has 1 aromatic heterocycles. The minimum atomic E-state index is 0.124. The third kappa shape index (κ3) is 3.92. The molecule has 0 aliphatic carbocycles. The number of rotatable bonds is 5. The van der Waals surface area contributed by atoms with Gasteiger partial charge in [-0.3, -0.25) is 0 Å². The van der Waals surface area contributed by atoms with Crippen molar-refractivity contribution in [3.05, 3.63) is 91.3 Å². The minimum Gasteiger partial charge on any atom is -0.507 e. The Kier molecular flexibility index (Phi) is 5.34. The van der Waals surface area contributed by atoms with Gasteiger partial charge >= 0.3 is 0 Å². The molecule has 0 fully saturated rings. The number of phenolic OH excluding ortho intramolecular Hbond substituents is 1. The molecule has 0 aliphatic rings. The van der Waals surface area contributed by atoms with E-state index in [1.807, 2.05) is 67.6 Å². The van der Waals surface area contributed by atoms with E-state index in [-0.39, 0.29) is 5.75 Å². The Morgan fingerprint density at radius 2 is 1.58 bits per heavy atom. The molecule has 0 aliphatic heterocycles. The number of nitrogens with zero attached hydrogens (tertiary/aromatic N) is 3. The Morgan fingerprint density at radius 1 is 0.885 bits per heavy atom. The highest BCUT2D eigenvalue weighted by molar-refractivity contribution is 5.72. The van der Waals surface area contributed by atoms with Gasteiger partial charge in [0.2, 0.25) is 0 Å². The van der Waals surface area contributed by atoms with Crippen LogP contribution in [0.3, 0.4) is 0 Å². The zero-order valence-electron chi connectivity index (χ0n) is 14.5. The molecule has 26 heavy (non-hydrogen) atoms. The number of hydrogen-bond acceptors (Lipinski definition) is 4. The monoisotopic (exact) mass is 341 g/mol. The summed E-state index contributed by atoms with van der Waals surface area (Å²) in [6, 6.07) is 16.7. The van der Waals surface area contributed by atoms with Crippen LogP contribution in [0.1, 0.15) is 12.7 Å². The van der Waals surface area contributed by atoms with Crippen molar-refractivity contribution >= 4 is 5.57 Å². The van der Waals surface area contributed by atoms with Crippen LogP contribution >= 0.6 is 0 Å². The van der Waals surface area contributed by atoms with Gasteiger partial charge in [0.15, 0.2) is 17.5 Å². The molecule has 3 rings (SSSR count). The van der Waals surface area contributed by atoms with Crippen LogP contribution in [0.15, 0.2) is 85.5 Å². The molecule has 4 nitrogen and oxygen atoms in total. The van der Waals surface area contributed by atoms with E-state index in [4.69, 9.17) is 0 Å². The lowest BCUT2D eigenvalue weighted by atomic mass is 10.1. The lowest BCUT2D eigenvalue weighted by Crippen LogP contribution is -2.02. The van der Waals surface area contributed by atoms with Crippen molar-refractivity contribution in [3.8, 4) is 28.5 Å². The summed E-state index contributed by atoms with van der Waals surface area (Å²) in [6.07, 6.45) is 7.57. The molecule has 0 saturated carbocycles. The van der Waals surface area contributed by atoms with Gasteiger partial charge in [-0.2, -0.15) is 0 Å². The predicted octanol–water partition coefficient (Wildman–Crippen LogP) is 5.06. The largest absolute Gasteiger partial charge is 0.507 e. The number of allylic oxidation sites excluding steroid dienone is 5. The summed E-state index contributed by atoms with van der Waals surface area (Å²) in [6.45, 7) is 6.00. The summed E-state index contributed by atoms with van der Waals surface area (Å²) < 4.78 is 0. The molecular formula is C22H19N3O. The smallest absolute Gasteiger partial charge is 0.167 e. The van der Waals surface area contributed by atoms with Crippen molar-refractivity contribution in [2.45, 2.75) is 6.92 Å². The van der Waals surface area contributed by atoms with Gasteiger partial charge in [0.1, 0.15) is 5.75 Å². The van der Waals surface area contributed by atoms with Gasteiger partial charge in [-0.15, -0.1) is 0 Å². The first-order valence-electron chi connectivity index (χ1n) is 8.27. The minimum absolute atomic E-state index is 0.124. The number of para-hydroxylation sites is 1. The first kappa shape index (κ1) is 17.3. The molecule has 0 unspecified atom stereocenters. The van der Waals surface area contributed by atoms with E-state index in [0.29, 0.717) is 28.6 Å². The lowest BCUT2D eigenvalue weighted by Gasteiger charge is -2.09. The zero-order chi connectivity index (χ0) is 18.4. The SMILES string of the molecule is C=C(/C=C\C=C/C)c1nc(-c2ccccc2)nc(-c2ccccc2O)n1. The molecule has 0 radical (unpaired) electrons. The number of aromatic hydroxyl groups is 1. The van der Waals surface area contributed by atoms with E-state index >= 15 is 0 Å². The van der Waals surface area contributed by atoms with E-state index in [1.54, 1.807) is 18.2 Å². The second-order valence-corrected chi connectivity index (χ2v) is 5.60. The van der Waals surface area contributed by atoms with Gasteiger partial charge in [-0.25, -0.2) is 15.0 Å². The standard InChI is InChI=1S/C22H19N3O/c1-3-4-6-11-16(2)20-23-21(17-12-7-5-8-13-17)25-22(24-20)18-14-9-10-15-19(18)26/h3-15,26H,2H2,1H3/b4-3-,11-6-. The Labute approximate surface area is 152 Å². The summed E-state index contributed by atoms with van der Waals surface area (Å²) in [7, 11) is 0. The number of benzene rings is 2. The number of hydrogen-bond donors (Lipinski definition) is 1. The first-order valence-corrected chi connectivity index (χ1v) is 8.27. The fourth-order valence-electron chi connectivity index (χ4n) is 2.38. The molecular weight excluding hydrogens is 322 g/mol. The lowest BCUT2D eigenvalue weighted by molar-refractivity contribution is 0.477. The van der Waals surface area contributed by atoms with E-state index in [9.17, 15) is 5.11 Å². The average molecular weight is 341 g/mol. The molecule has 128 valence electrons. The van der Waals surface area contributed by atoms with Crippen molar-refractivity contribution in [1.82, 2.24) is 15.0 Å². The Bertz CT molecular complexity index is 976. The zero-order valence-corrected chi connectivity index (χ0v) is 14.5. The highest BCUT2D eigenvalue weighted by Crippen LogP contribution is 2.28. The van der Waals surface area contributed by atoms with Crippen LogP contribution in [-0.4, -0.2) is 20.1 Å². The summed E-state index contributed by atoms with van der Waals surface area (Å²) in [5, 5.41) is 10.2. The summed E-state index contributed by atoms with van der Waals surface area (Å²) in [5.41, 5.74) is 2.09. The van der Waals surface area contributed by atoms with Crippen LogP contribution in [0.4, 0.5) is 0 Å². The third-order valence-corrected chi connectivity index (χ3v) is 3.70. The molecule has 3 aromatic rings. The van der Waals surface area contributed by atoms with Crippen molar-refractivity contribution < 1.29 is 5.11 Å². The van der Waals surface area contributed by atoms with Crippen LogP contribution in [-0.2, 0) is 0 Å². The molecule has 0 spiro atoms. The molecule has 0 atom stereocenters. The summed E-state index contributed by atoms with van der Waals surface area (Å²) in [4.78, 5) is 13.6. The molecule has 4 heteroatoms. The number of phenols is 1. The van der Waals surface area contributed by atoms with Gasteiger partial charge in [-0.1, -0.05) is 73.3 Å². The maximum Gasteiger partial charge on any atom is 0.167 e. The molecule has 1 N–H and O–H groups in total. The van der Waals surface area contributed by atoms with Gasteiger partial charge in [-0.05, 0) is 19.1 Å². The van der Waals surface area contributed by atoms with Gasteiger partial charge in [0.05, 0.1) is 5.56 Å². The van der Waals surface area contributed by atoms with E-state index in [2.05, 4.69) is 21.5 Å². The molecule has 1 heterocycles. The second-order valence-electron chi connectivity index (χ2n) is 5.60. The first-order chi connectivity index (χ1) is 12.7. The van der Waals surface area contributed by atoms with Crippen molar-refractivity contribution in [1.29, 1.82) is 0 Å². The van der Waals surface area contributed by atoms with E-state index in [1.165, 1.54) is 0 Å². The van der Waals surface area contributed by atoms with Crippen LogP contribution < -0.4 is 0 Å². The van der Waals surface area contributed by atoms with Crippen LogP contribution in [0.25, 0.3) is 28.3 Å². The number of aromatic nitrogens is 3. The Morgan fingerprint density at radius 3 is 2.31 bits per heavy atom.